The van der Waals surface area contributed by atoms with Crippen LogP contribution in [0.25, 0.3) is 0 Å². The third-order valence-corrected chi connectivity index (χ3v) is 6.14. The quantitative estimate of drug-likeness (QED) is 0.607. The zero-order chi connectivity index (χ0) is 21.0. The first kappa shape index (κ1) is 21.4. The summed E-state index contributed by atoms with van der Waals surface area (Å²) in [5, 5.41) is 3.09. The van der Waals surface area contributed by atoms with E-state index in [-0.39, 0.29) is 17.8 Å². The third kappa shape index (κ3) is 4.47. The second kappa shape index (κ2) is 8.98. The summed E-state index contributed by atoms with van der Waals surface area (Å²) in [6.45, 7) is 8.13. The van der Waals surface area contributed by atoms with E-state index in [1.807, 2.05) is 32.0 Å². The smallest absolute Gasteiger partial charge is 0.235 e. The Kier molecular flexibility index (Phi) is 6.61. The minimum absolute atomic E-state index is 0.114. The van der Waals surface area contributed by atoms with Crippen molar-refractivity contribution in [3.8, 4) is 5.75 Å². The summed E-state index contributed by atoms with van der Waals surface area (Å²) >= 11 is 0. The lowest BCUT2D eigenvalue weighted by Gasteiger charge is -2.36. The average Bonchev–Trinajstić information content (AvgIpc) is 2.71. The van der Waals surface area contributed by atoms with Gasteiger partial charge in [0.15, 0.2) is 0 Å². The number of rotatable bonds is 6. The number of carbonyl (C=O) groups excluding carboxylic acids is 1. The van der Waals surface area contributed by atoms with Crippen molar-refractivity contribution in [2.24, 2.45) is 0 Å². The fraction of sp³-hybridized carbons (Fsp3) is 0.480. The standard InChI is InChI=1S/C25H32FNO2/c1-5-19(4)29-23-17(2)15-20(16-18(23)3)27-24(28)25(13-9-6-10-14-25)21-11-7-8-12-22(21)26/h7-8,11-12,15-16,19H,5-6,9-10,13-14H2,1-4H3,(H,27,28)/t19-/m0/s1. The van der Waals surface area contributed by atoms with Crippen molar-refractivity contribution in [3.63, 3.8) is 0 Å². The summed E-state index contributed by atoms with van der Waals surface area (Å²) in [5.41, 5.74) is 2.43. The molecule has 0 saturated heterocycles. The number of nitrogens with one attached hydrogen (secondary N) is 1. The van der Waals surface area contributed by atoms with Gasteiger partial charge in [0, 0.05) is 11.3 Å². The van der Waals surface area contributed by atoms with Gasteiger partial charge < -0.3 is 10.1 Å². The topological polar surface area (TPSA) is 38.3 Å². The first-order valence-electron chi connectivity index (χ1n) is 10.7. The Hall–Kier alpha value is -2.36. The van der Waals surface area contributed by atoms with Crippen LogP contribution in [-0.4, -0.2) is 12.0 Å². The van der Waals surface area contributed by atoms with E-state index in [1.54, 1.807) is 12.1 Å². The number of amides is 1. The Bertz CT molecular complexity index is 848. The average molecular weight is 398 g/mol. The molecular weight excluding hydrogens is 365 g/mol. The molecular formula is C25H32FNO2. The lowest BCUT2D eigenvalue weighted by atomic mass is 9.68. The maximum atomic E-state index is 14.7. The van der Waals surface area contributed by atoms with Crippen LogP contribution < -0.4 is 10.1 Å². The van der Waals surface area contributed by atoms with Crippen molar-refractivity contribution >= 4 is 11.6 Å². The lowest BCUT2D eigenvalue weighted by Crippen LogP contribution is -2.42. The molecule has 3 rings (SSSR count). The first-order valence-corrected chi connectivity index (χ1v) is 10.7. The summed E-state index contributed by atoms with van der Waals surface area (Å²) in [6.07, 6.45) is 5.37. The second-order valence-electron chi connectivity index (χ2n) is 8.35. The Morgan fingerprint density at radius 1 is 1.14 bits per heavy atom. The van der Waals surface area contributed by atoms with E-state index in [4.69, 9.17) is 4.74 Å². The number of anilines is 1. The van der Waals surface area contributed by atoms with Gasteiger partial charge in [0.25, 0.3) is 0 Å². The molecule has 0 unspecified atom stereocenters. The molecule has 0 bridgehead atoms. The molecule has 2 aromatic carbocycles. The molecule has 29 heavy (non-hydrogen) atoms. The normalized spacial score (nSPS) is 16.9. The van der Waals surface area contributed by atoms with E-state index in [9.17, 15) is 9.18 Å². The molecule has 156 valence electrons. The zero-order valence-electron chi connectivity index (χ0n) is 18.0. The molecule has 0 aromatic heterocycles. The van der Waals surface area contributed by atoms with Crippen LogP contribution in [0.2, 0.25) is 0 Å². The van der Waals surface area contributed by atoms with Crippen LogP contribution in [0.1, 0.15) is 69.1 Å². The summed E-state index contributed by atoms with van der Waals surface area (Å²) in [4.78, 5) is 13.5. The van der Waals surface area contributed by atoms with Crippen LogP contribution in [-0.2, 0) is 10.2 Å². The maximum absolute atomic E-state index is 14.7. The minimum atomic E-state index is -0.808. The number of aryl methyl sites for hydroxylation is 2. The Labute approximate surface area is 173 Å². The van der Waals surface area contributed by atoms with E-state index in [2.05, 4.69) is 19.2 Å². The molecule has 3 nitrogen and oxygen atoms in total. The SMILES string of the molecule is CC[C@H](C)Oc1c(C)cc(NC(=O)C2(c3ccccc3F)CCCCC2)cc1C. The fourth-order valence-electron chi connectivity index (χ4n) is 4.37. The van der Waals surface area contributed by atoms with Gasteiger partial charge in [-0.25, -0.2) is 4.39 Å². The van der Waals surface area contributed by atoms with Crippen LogP contribution in [0.3, 0.4) is 0 Å². The summed E-state index contributed by atoms with van der Waals surface area (Å²) in [5.74, 6) is 0.463. The second-order valence-corrected chi connectivity index (χ2v) is 8.35. The van der Waals surface area contributed by atoms with Gasteiger partial charge in [-0.05, 0) is 69.4 Å². The van der Waals surface area contributed by atoms with Crippen LogP contribution in [0.5, 0.6) is 5.75 Å². The molecule has 1 atom stereocenters. The van der Waals surface area contributed by atoms with Crippen molar-refractivity contribution in [2.75, 3.05) is 5.32 Å². The van der Waals surface area contributed by atoms with Crippen molar-refractivity contribution in [1.29, 1.82) is 0 Å². The predicted molar refractivity (Wildman–Crippen MR) is 116 cm³/mol. The monoisotopic (exact) mass is 397 g/mol. The molecule has 1 amide bonds. The van der Waals surface area contributed by atoms with Gasteiger partial charge in [0.1, 0.15) is 11.6 Å². The van der Waals surface area contributed by atoms with Crippen LogP contribution in [0, 0.1) is 19.7 Å². The summed E-state index contributed by atoms with van der Waals surface area (Å²) < 4.78 is 20.7. The molecule has 4 heteroatoms. The molecule has 0 radical (unpaired) electrons. The highest BCUT2D eigenvalue weighted by Crippen LogP contribution is 2.42. The Balaban J connectivity index is 1.90. The van der Waals surface area contributed by atoms with Crippen molar-refractivity contribution in [1.82, 2.24) is 0 Å². The number of benzene rings is 2. The molecule has 0 spiro atoms. The molecule has 1 saturated carbocycles. The number of halogens is 1. The molecule has 1 aliphatic carbocycles. The van der Waals surface area contributed by atoms with Gasteiger partial charge in [0.05, 0.1) is 11.5 Å². The van der Waals surface area contributed by atoms with Gasteiger partial charge in [-0.1, -0.05) is 44.4 Å². The molecule has 1 fully saturated rings. The van der Waals surface area contributed by atoms with Crippen LogP contribution >= 0.6 is 0 Å². The number of carbonyl (C=O) groups is 1. The highest BCUT2D eigenvalue weighted by atomic mass is 19.1. The largest absolute Gasteiger partial charge is 0.490 e. The Morgan fingerprint density at radius 2 is 1.76 bits per heavy atom. The highest BCUT2D eigenvalue weighted by molar-refractivity contribution is 5.99. The first-order chi connectivity index (χ1) is 13.9. The van der Waals surface area contributed by atoms with Crippen molar-refractivity contribution in [2.45, 2.75) is 77.7 Å². The van der Waals surface area contributed by atoms with E-state index in [1.165, 1.54) is 6.07 Å². The molecule has 0 heterocycles. The number of hydrogen-bond acceptors (Lipinski definition) is 2. The van der Waals surface area contributed by atoms with E-state index in [0.29, 0.717) is 18.4 Å². The van der Waals surface area contributed by atoms with Gasteiger partial charge >= 0.3 is 0 Å². The fourth-order valence-corrected chi connectivity index (χ4v) is 4.37. The van der Waals surface area contributed by atoms with Gasteiger partial charge in [-0.2, -0.15) is 0 Å². The third-order valence-electron chi connectivity index (χ3n) is 6.14. The molecule has 0 aliphatic heterocycles. The minimum Gasteiger partial charge on any atom is -0.490 e. The molecule has 1 N–H and O–H groups in total. The van der Waals surface area contributed by atoms with Crippen LogP contribution in [0.4, 0.5) is 10.1 Å². The zero-order valence-corrected chi connectivity index (χ0v) is 18.0. The van der Waals surface area contributed by atoms with E-state index >= 15 is 0 Å². The predicted octanol–water partition coefficient (Wildman–Crippen LogP) is 6.46. The van der Waals surface area contributed by atoms with Crippen molar-refractivity contribution in [3.05, 3.63) is 58.9 Å². The van der Waals surface area contributed by atoms with Crippen molar-refractivity contribution < 1.29 is 13.9 Å². The van der Waals surface area contributed by atoms with Gasteiger partial charge in [-0.15, -0.1) is 0 Å². The molecule has 2 aromatic rings. The maximum Gasteiger partial charge on any atom is 0.235 e. The van der Waals surface area contributed by atoms with Gasteiger partial charge in [-0.3, -0.25) is 4.79 Å². The number of hydrogen-bond donors (Lipinski definition) is 1. The summed E-state index contributed by atoms with van der Waals surface area (Å²) in [7, 11) is 0. The number of ether oxygens (including phenoxy) is 1. The van der Waals surface area contributed by atoms with E-state index in [0.717, 1.165) is 48.2 Å². The lowest BCUT2D eigenvalue weighted by molar-refractivity contribution is -0.122. The van der Waals surface area contributed by atoms with Crippen LogP contribution in [0.15, 0.2) is 36.4 Å². The van der Waals surface area contributed by atoms with E-state index < -0.39 is 5.41 Å². The summed E-state index contributed by atoms with van der Waals surface area (Å²) in [6, 6.07) is 10.6. The highest BCUT2D eigenvalue weighted by Gasteiger charge is 2.42. The van der Waals surface area contributed by atoms with Gasteiger partial charge in [0.2, 0.25) is 5.91 Å². The Morgan fingerprint density at radius 3 is 2.34 bits per heavy atom. The molecule has 1 aliphatic rings.